The molecule has 1 aliphatic heterocycles. The lowest BCUT2D eigenvalue weighted by Crippen LogP contribution is -2.52. The Hall–Kier alpha value is -1.30. The Morgan fingerprint density at radius 3 is 2.33 bits per heavy atom. The first-order valence-corrected chi connectivity index (χ1v) is 7.97. The molecule has 1 fully saturated rings. The summed E-state index contributed by atoms with van der Waals surface area (Å²) in [6, 6.07) is -0.949. The summed E-state index contributed by atoms with van der Waals surface area (Å²) in [6.07, 6.45) is 4.42. The number of piperidine rings is 1. The Morgan fingerprint density at radius 2 is 1.81 bits per heavy atom. The third kappa shape index (κ3) is 5.91. The van der Waals surface area contributed by atoms with Crippen LogP contribution in [0.5, 0.6) is 0 Å². The molecule has 2 amide bonds. The molecule has 1 heterocycles. The lowest BCUT2D eigenvalue weighted by atomic mass is 9.99. The maximum atomic E-state index is 11.9. The number of nitrogens with zero attached hydrogens (tertiary/aromatic N) is 1. The summed E-state index contributed by atoms with van der Waals surface area (Å²) in [4.78, 5) is 25.4. The summed E-state index contributed by atoms with van der Waals surface area (Å²) < 4.78 is 0. The number of likely N-dealkylation sites (tertiary alicyclic amines) is 1. The SMILES string of the molecule is CCC(C)[C@H](NC(=O)NCC(C)N1CCCCC1)C(=O)O. The summed E-state index contributed by atoms with van der Waals surface area (Å²) in [5, 5.41) is 14.5. The van der Waals surface area contributed by atoms with E-state index in [1.54, 1.807) is 0 Å². The Labute approximate surface area is 127 Å². The first-order valence-electron chi connectivity index (χ1n) is 7.97. The largest absolute Gasteiger partial charge is 0.480 e. The number of nitrogens with one attached hydrogen (secondary N) is 2. The van der Waals surface area contributed by atoms with Gasteiger partial charge in [-0.25, -0.2) is 9.59 Å². The fourth-order valence-electron chi connectivity index (χ4n) is 2.60. The molecule has 6 nitrogen and oxygen atoms in total. The highest BCUT2D eigenvalue weighted by molar-refractivity contribution is 5.82. The van der Waals surface area contributed by atoms with Gasteiger partial charge in [0, 0.05) is 12.6 Å². The van der Waals surface area contributed by atoms with E-state index in [4.69, 9.17) is 5.11 Å². The minimum absolute atomic E-state index is 0.0900. The van der Waals surface area contributed by atoms with Gasteiger partial charge in [-0.2, -0.15) is 0 Å². The average molecular weight is 299 g/mol. The summed E-state index contributed by atoms with van der Waals surface area (Å²) in [5.41, 5.74) is 0. The predicted octanol–water partition coefficient (Wildman–Crippen LogP) is 1.66. The van der Waals surface area contributed by atoms with E-state index in [0.29, 0.717) is 13.0 Å². The molecular formula is C15H29N3O3. The molecule has 0 aromatic carbocycles. The van der Waals surface area contributed by atoms with Crippen molar-refractivity contribution in [3.05, 3.63) is 0 Å². The molecule has 0 aliphatic carbocycles. The van der Waals surface area contributed by atoms with Crippen LogP contribution in [-0.4, -0.2) is 53.7 Å². The smallest absolute Gasteiger partial charge is 0.326 e. The lowest BCUT2D eigenvalue weighted by molar-refractivity contribution is -0.140. The van der Waals surface area contributed by atoms with Gasteiger partial charge in [0.25, 0.3) is 0 Å². The Bertz CT molecular complexity index is 343. The van der Waals surface area contributed by atoms with Gasteiger partial charge in [0.2, 0.25) is 0 Å². The predicted molar refractivity (Wildman–Crippen MR) is 82.3 cm³/mol. The van der Waals surface area contributed by atoms with Crippen molar-refractivity contribution in [3.63, 3.8) is 0 Å². The summed E-state index contributed by atoms with van der Waals surface area (Å²) in [7, 11) is 0. The lowest BCUT2D eigenvalue weighted by Gasteiger charge is -2.32. The van der Waals surface area contributed by atoms with Gasteiger partial charge in [0.1, 0.15) is 6.04 Å². The molecule has 3 atom stereocenters. The van der Waals surface area contributed by atoms with Crippen LogP contribution in [0.25, 0.3) is 0 Å². The number of amides is 2. The van der Waals surface area contributed by atoms with Crippen LogP contribution in [0.2, 0.25) is 0 Å². The van der Waals surface area contributed by atoms with Crippen molar-refractivity contribution < 1.29 is 14.7 Å². The van der Waals surface area contributed by atoms with Crippen LogP contribution in [-0.2, 0) is 4.79 Å². The number of rotatable bonds is 7. The molecule has 3 N–H and O–H groups in total. The molecule has 0 radical (unpaired) electrons. The maximum Gasteiger partial charge on any atom is 0.326 e. The normalized spacial score (nSPS) is 20.3. The molecule has 0 bridgehead atoms. The second-order valence-corrected chi connectivity index (χ2v) is 6.00. The average Bonchev–Trinajstić information content (AvgIpc) is 2.50. The van der Waals surface area contributed by atoms with Gasteiger partial charge in [-0.3, -0.25) is 4.90 Å². The van der Waals surface area contributed by atoms with Crippen molar-refractivity contribution in [2.75, 3.05) is 19.6 Å². The maximum absolute atomic E-state index is 11.9. The monoisotopic (exact) mass is 299 g/mol. The zero-order valence-corrected chi connectivity index (χ0v) is 13.4. The molecule has 21 heavy (non-hydrogen) atoms. The molecule has 0 spiro atoms. The standard InChI is InChI=1S/C15H29N3O3/c1-4-11(2)13(14(19)20)17-15(21)16-10-12(3)18-8-6-5-7-9-18/h11-13H,4-10H2,1-3H3,(H,19,20)(H2,16,17,21)/t11?,12?,13-/m0/s1. The zero-order valence-electron chi connectivity index (χ0n) is 13.4. The number of urea groups is 1. The van der Waals surface area contributed by atoms with Crippen molar-refractivity contribution in [2.24, 2.45) is 5.92 Å². The summed E-state index contributed by atoms with van der Waals surface area (Å²) >= 11 is 0. The van der Waals surface area contributed by atoms with E-state index in [1.165, 1.54) is 19.3 Å². The van der Waals surface area contributed by atoms with E-state index in [9.17, 15) is 9.59 Å². The minimum Gasteiger partial charge on any atom is -0.480 e. The molecule has 122 valence electrons. The van der Waals surface area contributed by atoms with E-state index in [0.717, 1.165) is 13.1 Å². The molecule has 1 rings (SSSR count). The molecule has 0 aromatic heterocycles. The third-order valence-corrected chi connectivity index (χ3v) is 4.34. The zero-order chi connectivity index (χ0) is 15.8. The third-order valence-electron chi connectivity index (χ3n) is 4.34. The number of carbonyl (C=O) groups is 2. The Morgan fingerprint density at radius 1 is 1.19 bits per heavy atom. The van der Waals surface area contributed by atoms with Gasteiger partial charge in [-0.15, -0.1) is 0 Å². The van der Waals surface area contributed by atoms with Crippen LogP contribution >= 0.6 is 0 Å². The molecule has 0 saturated carbocycles. The fraction of sp³-hybridized carbons (Fsp3) is 0.867. The number of hydrogen-bond acceptors (Lipinski definition) is 3. The number of carbonyl (C=O) groups excluding carboxylic acids is 1. The van der Waals surface area contributed by atoms with Gasteiger partial charge in [-0.05, 0) is 38.8 Å². The fourth-order valence-corrected chi connectivity index (χ4v) is 2.60. The molecule has 2 unspecified atom stereocenters. The molecule has 0 aromatic rings. The topological polar surface area (TPSA) is 81.7 Å². The Balaban J connectivity index is 2.36. The van der Waals surface area contributed by atoms with E-state index < -0.39 is 18.0 Å². The van der Waals surface area contributed by atoms with Crippen molar-refractivity contribution >= 4 is 12.0 Å². The summed E-state index contributed by atoms with van der Waals surface area (Å²) in [6.45, 7) is 8.53. The number of carboxylic acids is 1. The second-order valence-electron chi connectivity index (χ2n) is 6.00. The van der Waals surface area contributed by atoms with Crippen LogP contribution in [0.3, 0.4) is 0 Å². The van der Waals surface area contributed by atoms with Crippen LogP contribution < -0.4 is 10.6 Å². The molecular weight excluding hydrogens is 270 g/mol. The molecule has 6 heteroatoms. The number of carboxylic acid groups (broad SMARTS) is 1. The van der Waals surface area contributed by atoms with E-state index >= 15 is 0 Å². The van der Waals surface area contributed by atoms with Crippen molar-refractivity contribution in [1.29, 1.82) is 0 Å². The van der Waals surface area contributed by atoms with Gasteiger partial charge >= 0.3 is 12.0 Å². The van der Waals surface area contributed by atoms with Gasteiger partial charge in [0.15, 0.2) is 0 Å². The first kappa shape index (κ1) is 17.8. The van der Waals surface area contributed by atoms with E-state index in [1.807, 2.05) is 13.8 Å². The highest BCUT2D eigenvalue weighted by Gasteiger charge is 2.25. The van der Waals surface area contributed by atoms with Crippen LogP contribution in [0.15, 0.2) is 0 Å². The van der Waals surface area contributed by atoms with Crippen LogP contribution in [0.4, 0.5) is 4.79 Å². The second kappa shape index (κ2) is 8.87. The van der Waals surface area contributed by atoms with Crippen molar-refractivity contribution in [3.8, 4) is 0 Å². The van der Waals surface area contributed by atoms with Crippen LogP contribution in [0.1, 0.15) is 46.5 Å². The number of aliphatic carboxylic acids is 1. The number of hydrogen-bond donors (Lipinski definition) is 3. The minimum atomic E-state index is -0.983. The van der Waals surface area contributed by atoms with Crippen molar-refractivity contribution in [1.82, 2.24) is 15.5 Å². The summed E-state index contributed by atoms with van der Waals surface area (Å²) in [5.74, 6) is -1.07. The molecule has 1 saturated heterocycles. The van der Waals surface area contributed by atoms with Gasteiger partial charge < -0.3 is 15.7 Å². The van der Waals surface area contributed by atoms with Crippen LogP contribution in [0, 0.1) is 5.92 Å². The quantitative estimate of drug-likeness (QED) is 0.668. The molecule has 1 aliphatic rings. The first-order chi connectivity index (χ1) is 9.95. The van der Waals surface area contributed by atoms with E-state index in [2.05, 4.69) is 22.5 Å². The van der Waals surface area contributed by atoms with Gasteiger partial charge in [0.05, 0.1) is 0 Å². The Kier molecular flexibility index (Phi) is 7.50. The highest BCUT2D eigenvalue weighted by atomic mass is 16.4. The van der Waals surface area contributed by atoms with Gasteiger partial charge in [-0.1, -0.05) is 26.7 Å². The highest BCUT2D eigenvalue weighted by Crippen LogP contribution is 2.11. The van der Waals surface area contributed by atoms with Crippen molar-refractivity contribution in [2.45, 2.75) is 58.5 Å². The van der Waals surface area contributed by atoms with E-state index in [-0.39, 0.29) is 12.0 Å².